The van der Waals surface area contributed by atoms with Crippen LogP contribution in [-0.4, -0.2) is 6.41 Å². The maximum absolute atomic E-state index is 8.58. The molecule has 0 saturated carbocycles. The van der Waals surface area contributed by atoms with Crippen molar-refractivity contribution in [2.75, 3.05) is 0 Å². The van der Waals surface area contributed by atoms with Crippen LogP contribution < -0.4 is 5.73 Å². The Labute approximate surface area is 74.4 Å². The van der Waals surface area contributed by atoms with Crippen molar-refractivity contribution >= 4 is 6.41 Å². The van der Waals surface area contributed by atoms with Gasteiger partial charge in [0, 0.05) is 0 Å². The second-order valence-electron chi connectivity index (χ2n) is 1.79. The summed E-state index contributed by atoms with van der Waals surface area (Å²) in [5.41, 5.74) is 5.49. The Kier molecular flexibility index (Phi) is 13.7. The van der Waals surface area contributed by atoms with Crippen LogP contribution >= 0.6 is 0 Å². The van der Waals surface area contributed by atoms with Gasteiger partial charge in [0.2, 0.25) is 6.41 Å². The molecular formula is C10H17NO. The number of hydrogen-bond donors (Lipinski definition) is 1. The monoisotopic (exact) mass is 167 g/mol. The van der Waals surface area contributed by atoms with E-state index in [1.807, 2.05) is 32.0 Å². The fourth-order valence-corrected chi connectivity index (χ4v) is 0.534. The van der Waals surface area contributed by atoms with Crippen molar-refractivity contribution in [2.45, 2.75) is 20.8 Å². The van der Waals surface area contributed by atoms with E-state index in [2.05, 4.69) is 24.8 Å². The molecule has 0 aliphatic rings. The zero-order chi connectivity index (χ0) is 9.82. The van der Waals surface area contributed by atoms with E-state index in [-0.39, 0.29) is 6.41 Å². The number of benzene rings is 1. The molecule has 1 aromatic rings. The van der Waals surface area contributed by atoms with Gasteiger partial charge in [0.25, 0.3) is 0 Å². The van der Waals surface area contributed by atoms with Crippen molar-refractivity contribution in [1.29, 1.82) is 0 Å². The highest BCUT2D eigenvalue weighted by atomic mass is 16.1. The predicted molar refractivity (Wildman–Crippen MR) is 52.8 cm³/mol. The average molecular weight is 167 g/mol. The van der Waals surface area contributed by atoms with Gasteiger partial charge in [-0.2, -0.15) is 0 Å². The van der Waals surface area contributed by atoms with Crippen LogP contribution in [0, 0.1) is 6.92 Å². The van der Waals surface area contributed by atoms with Gasteiger partial charge in [-0.1, -0.05) is 49.7 Å². The molecule has 2 nitrogen and oxygen atoms in total. The third-order valence-electron chi connectivity index (χ3n) is 0.940. The molecule has 0 aromatic heterocycles. The van der Waals surface area contributed by atoms with Gasteiger partial charge >= 0.3 is 0 Å². The minimum Gasteiger partial charge on any atom is -0.372 e. The van der Waals surface area contributed by atoms with Gasteiger partial charge in [0.05, 0.1) is 0 Å². The molecule has 12 heavy (non-hydrogen) atoms. The number of rotatable bonds is 0. The van der Waals surface area contributed by atoms with Crippen LogP contribution in [0.2, 0.25) is 0 Å². The summed E-state index contributed by atoms with van der Waals surface area (Å²) in [6, 6.07) is 10.3. The summed E-state index contributed by atoms with van der Waals surface area (Å²) in [5.74, 6) is 0. The SMILES string of the molecule is CC.Cc1ccccc1.NC=O. The van der Waals surface area contributed by atoms with Crippen molar-refractivity contribution in [3.8, 4) is 0 Å². The molecule has 0 fully saturated rings. The molecule has 2 heteroatoms. The molecule has 0 spiro atoms. The van der Waals surface area contributed by atoms with E-state index in [0.29, 0.717) is 0 Å². The Balaban J connectivity index is 0. The van der Waals surface area contributed by atoms with Crippen LogP contribution in [0.5, 0.6) is 0 Å². The minimum absolute atomic E-state index is 0.250. The van der Waals surface area contributed by atoms with Crippen LogP contribution in [0.3, 0.4) is 0 Å². The van der Waals surface area contributed by atoms with E-state index >= 15 is 0 Å². The molecule has 1 amide bonds. The second-order valence-corrected chi connectivity index (χ2v) is 1.79. The highest BCUT2D eigenvalue weighted by molar-refractivity contribution is 5.42. The molecule has 1 aromatic carbocycles. The lowest BCUT2D eigenvalue weighted by atomic mass is 10.2. The van der Waals surface area contributed by atoms with Gasteiger partial charge in [-0.15, -0.1) is 0 Å². The van der Waals surface area contributed by atoms with Crippen LogP contribution in [0.25, 0.3) is 0 Å². The zero-order valence-corrected chi connectivity index (χ0v) is 7.95. The molecule has 0 heterocycles. The average Bonchev–Trinajstić information content (AvgIpc) is 2.11. The van der Waals surface area contributed by atoms with Crippen LogP contribution in [0.1, 0.15) is 19.4 Å². The highest BCUT2D eigenvalue weighted by Gasteiger charge is 1.72. The molecule has 0 atom stereocenters. The smallest absolute Gasteiger partial charge is 0.204 e. The Morgan fingerprint density at radius 1 is 1.17 bits per heavy atom. The number of amides is 1. The lowest BCUT2D eigenvalue weighted by Gasteiger charge is -1.82. The third kappa shape index (κ3) is 11.5. The van der Waals surface area contributed by atoms with Gasteiger partial charge in [-0.3, -0.25) is 4.79 Å². The molecule has 2 N–H and O–H groups in total. The number of hydrogen-bond acceptors (Lipinski definition) is 1. The maximum Gasteiger partial charge on any atom is 0.204 e. The summed E-state index contributed by atoms with van der Waals surface area (Å²) in [4.78, 5) is 8.58. The van der Waals surface area contributed by atoms with Crippen molar-refractivity contribution in [3.63, 3.8) is 0 Å². The zero-order valence-electron chi connectivity index (χ0n) is 7.95. The van der Waals surface area contributed by atoms with Crippen LogP contribution in [0.4, 0.5) is 0 Å². The summed E-state index contributed by atoms with van der Waals surface area (Å²) in [6.07, 6.45) is 0.250. The molecule has 0 saturated heterocycles. The number of nitrogens with two attached hydrogens (primary N) is 1. The first-order chi connectivity index (χ1) is 5.81. The quantitative estimate of drug-likeness (QED) is 0.591. The van der Waals surface area contributed by atoms with E-state index in [0.717, 1.165) is 0 Å². The highest BCUT2D eigenvalue weighted by Crippen LogP contribution is 1.92. The molecule has 0 radical (unpaired) electrons. The fraction of sp³-hybridized carbons (Fsp3) is 0.300. The van der Waals surface area contributed by atoms with Crippen LogP contribution in [-0.2, 0) is 4.79 Å². The third-order valence-corrected chi connectivity index (χ3v) is 0.940. The summed E-state index contributed by atoms with van der Waals surface area (Å²) in [6.45, 7) is 6.08. The molecular weight excluding hydrogens is 150 g/mol. The van der Waals surface area contributed by atoms with Crippen LogP contribution in [0.15, 0.2) is 30.3 Å². The fourth-order valence-electron chi connectivity index (χ4n) is 0.534. The normalized spacial score (nSPS) is 6.58. The predicted octanol–water partition coefficient (Wildman–Crippen LogP) is 2.12. The first-order valence-electron chi connectivity index (χ1n) is 3.98. The summed E-state index contributed by atoms with van der Waals surface area (Å²) >= 11 is 0. The molecule has 68 valence electrons. The lowest BCUT2D eigenvalue weighted by Crippen LogP contribution is -1.82. The first kappa shape index (κ1) is 13.3. The van der Waals surface area contributed by atoms with Crippen molar-refractivity contribution < 1.29 is 4.79 Å². The van der Waals surface area contributed by atoms with E-state index in [4.69, 9.17) is 4.79 Å². The minimum atomic E-state index is 0.250. The number of carbonyl (C=O) groups is 1. The van der Waals surface area contributed by atoms with Gasteiger partial charge < -0.3 is 5.73 Å². The van der Waals surface area contributed by atoms with E-state index in [1.54, 1.807) is 0 Å². The molecule has 0 bridgehead atoms. The lowest BCUT2D eigenvalue weighted by molar-refractivity contribution is -0.106. The maximum atomic E-state index is 8.58. The van der Waals surface area contributed by atoms with Gasteiger partial charge in [-0.05, 0) is 6.92 Å². The topological polar surface area (TPSA) is 43.1 Å². The number of primary amides is 1. The first-order valence-corrected chi connectivity index (χ1v) is 3.98. The Bertz CT molecular complexity index is 172. The molecule has 0 aliphatic heterocycles. The number of carbonyl (C=O) groups excluding carboxylic acids is 1. The summed E-state index contributed by atoms with van der Waals surface area (Å²) in [7, 11) is 0. The van der Waals surface area contributed by atoms with Gasteiger partial charge in [0.1, 0.15) is 0 Å². The summed E-state index contributed by atoms with van der Waals surface area (Å²) in [5, 5.41) is 0. The largest absolute Gasteiger partial charge is 0.372 e. The second kappa shape index (κ2) is 12.4. The van der Waals surface area contributed by atoms with Crippen molar-refractivity contribution in [1.82, 2.24) is 0 Å². The molecule has 0 unspecified atom stereocenters. The Morgan fingerprint density at radius 2 is 1.50 bits per heavy atom. The Hall–Kier alpha value is -1.31. The van der Waals surface area contributed by atoms with E-state index < -0.39 is 0 Å². The molecule has 0 aliphatic carbocycles. The standard InChI is InChI=1S/C7H8.C2H6.CH3NO/c1-7-5-3-2-4-6-7;1-2;2-1-3/h2-6H,1H3;1-2H3;1H,(H2,2,3). The molecule has 1 rings (SSSR count). The summed E-state index contributed by atoms with van der Waals surface area (Å²) < 4.78 is 0. The number of aryl methyl sites for hydroxylation is 1. The van der Waals surface area contributed by atoms with E-state index in [1.165, 1.54) is 5.56 Å². The van der Waals surface area contributed by atoms with Gasteiger partial charge in [-0.25, -0.2) is 0 Å². The van der Waals surface area contributed by atoms with Gasteiger partial charge in [0.15, 0.2) is 0 Å². The van der Waals surface area contributed by atoms with Crippen molar-refractivity contribution in [3.05, 3.63) is 35.9 Å². The Morgan fingerprint density at radius 3 is 1.67 bits per heavy atom. The van der Waals surface area contributed by atoms with Crippen molar-refractivity contribution in [2.24, 2.45) is 5.73 Å². The van der Waals surface area contributed by atoms with E-state index in [9.17, 15) is 0 Å².